The molecule has 1 atom stereocenters. The van der Waals surface area contributed by atoms with Crippen LogP contribution in [-0.4, -0.2) is 41.3 Å². The van der Waals surface area contributed by atoms with Gasteiger partial charge in [-0.1, -0.05) is 29.3 Å². The lowest BCUT2D eigenvalue weighted by Gasteiger charge is -2.24. The van der Waals surface area contributed by atoms with Gasteiger partial charge in [-0.15, -0.1) is 0 Å². The number of carbonyl (C=O) groups is 1. The monoisotopic (exact) mass is 460 g/mol. The number of carbonyl (C=O) groups excluding carboxylic acids is 1. The lowest BCUT2D eigenvalue weighted by atomic mass is 10.1. The second-order valence-corrected chi connectivity index (χ2v) is 9.02. The first-order chi connectivity index (χ1) is 13.6. The van der Waals surface area contributed by atoms with Crippen molar-refractivity contribution < 1.29 is 22.7 Å². The SMILES string of the molecule is COc1ccc([C@H](C)NC(=O)CN(c2cc(Cl)ccc2Cl)S(C)(=O)=O)cc1OC. The molecule has 0 saturated carbocycles. The predicted molar refractivity (Wildman–Crippen MR) is 115 cm³/mol. The van der Waals surface area contributed by atoms with E-state index in [1.165, 1.54) is 32.4 Å². The molecule has 2 aromatic carbocycles. The summed E-state index contributed by atoms with van der Waals surface area (Å²) in [7, 11) is -0.731. The smallest absolute Gasteiger partial charge is 0.241 e. The summed E-state index contributed by atoms with van der Waals surface area (Å²) < 4.78 is 35.9. The van der Waals surface area contributed by atoms with E-state index in [4.69, 9.17) is 32.7 Å². The molecule has 7 nitrogen and oxygen atoms in total. The average molecular weight is 461 g/mol. The Labute approximate surface area is 180 Å². The Kier molecular flexibility index (Phi) is 7.62. The van der Waals surface area contributed by atoms with Gasteiger partial charge in [0.25, 0.3) is 0 Å². The molecule has 2 aromatic rings. The highest BCUT2D eigenvalue weighted by Crippen LogP contribution is 2.31. The molecule has 0 bridgehead atoms. The van der Waals surface area contributed by atoms with E-state index >= 15 is 0 Å². The molecule has 1 amide bonds. The van der Waals surface area contributed by atoms with Gasteiger partial charge in [-0.2, -0.15) is 0 Å². The lowest BCUT2D eigenvalue weighted by Crippen LogP contribution is -2.41. The van der Waals surface area contributed by atoms with Gasteiger partial charge in [0.2, 0.25) is 15.9 Å². The average Bonchev–Trinajstić information content (AvgIpc) is 2.66. The molecule has 10 heteroatoms. The fourth-order valence-corrected chi connectivity index (χ4v) is 3.98. The third-order valence-corrected chi connectivity index (χ3v) is 5.83. The van der Waals surface area contributed by atoms with E-state index in [9.17, 15) is 13.2 Å². The molecule has 0 unspecified atom stereocenters. The number of halogens is 2. The van der Waals surface area contributed by atoms with E-state index in [0.717, 1.165) is 16.1 Å². The van der Waals surface area contributed by atoms with Gasteiger partial charge in [-0.05, 0) is 42.8 Å². The fraction of sp³-hybridized carbons (Fsp3) is 0.316. The van der Waals surface area contributed by atoms with Gasteiger partial charge in [0, 0.05) is 5.02 Å². The summed E-state index contributed by atoms with van der Waals surface area (Å²) in [6, 6.07) is 9.26. The molecule has 2 rings (SSSR count). The van der Waals surface area contributed by atoms with E-state index in [-0.39, 0.29) is 10.7 Å². The van der Waals surface area contributed by atoms with Crippen LogP contribution in [0.25, 0.3) is 0 Å². The van der Waals surface area contributed by atoms with E-state index < -0.39 is 28.5 Å². The second kappa shape index (κ2) is 9.56. The van der Waals surface area contributed by atoms with Crippen molar-refractivity contribution in [2.45, 2.75) is 13.0 Å². The minimum absolute atomic E-state index is 0.135. The molecule has 158 valence electrons. The molecule has 0 fully saturated rings. The standard InChI is InChI=1S/C19H22Cl2N2O5S/c1-12(13-5-8-17(27-2)18(9-13)28-3)22-19(24)11-23(29(4,25)26)16-10-14(20)6-7-15(16)21/h5-10,12H,11H2,1-4H3,(H,22,24)/t12-/m0/s1. The van der Waals surface area contributed by atoms with Crippen molar-refractivity contribution in [3.63, 3.8) is 0 Å². The molecule has 1 N–H and O–H groups in total. The highest BCUT2D eigenvalue weighted by molar-refractivity contribution is 7.92. The highest BCUT2D eigenvalue weighted by Gasteiger charge is 2.24. The number of ether oxygens (including phenoxy) is 2. The van der Waals surface area contributed by atoms with Crippen LogP contribution in [0.15, 0.2) is 36.4 Å². The van der Waals surface area contributed by atoms with Crippen molar-refractivity contribution in [3.05, 3.63) is 52.0 Å². The van der Waals surface area contributed by atoms with Crippen LogP contribution in [-0.2, 0) is 14.8 Å². The maximum atomic E-state index is 12.6. The minimum atomic E-state index is -3.78. The molecule has 0 aliphatic rings. The summed E-state index contributed by atoms with van der Waals surface area (Å²) in [5.74, 6) is 0.581. The molecule has 0 spiro atoms. The Bertz CT molecular complexity index is 998. The summed E-state index contributed by atoms with van der Waals surface area (Å²) >= 11 is 12.1. The van der Waals surface area contributed by atoms with Crippen LogP contribution in [0.3, 0.4) is 0 Å². The Morgan fingerprint density at radius 1 is 1.10 bits per heavy atom. The number of sulfonamides is 1. The topological polar surface area (TPSA) is 84.9 Å². The maximum absolute atomic E-state index is 12.6. The zero-order chi connectivity index (χ0) is 21.8. The number of hydrogen-bond donors (Lipinski definition) is 1. The molecule has 0 aliphatic heterocycles. The van der Waals surface area contributed by atoms with Crippen LogP contribution in [0, 0.1) is 0 Å². The number of nitrogens with zero attached hydrogens (tertiary/aromatic N) is 1. The fourth-order valence-electron chi connectivity index (χ4n) is 2.68. The number of methoxy groups -OCH3 is 2. The van der Waals surface area contributed by atoms with Gasteiger partial charge in [0.05, 0.1) is 37.2 Å². The van der Waals surface area contributed by atoms with Gasteiger partial charge >= 0.3 is 0 Å². The lowest BCUT2D eigenvalue weighted by molar-refractivity contribution is -0.120. The van der Waals surface area contributed by atoms with Crippen molar-refractivity contribution in [2.24, 2.45) is 0 Å². The molecule has 0 heterocycles. The molecule has 29 heavy (non-hydrogen) atoms. The Balaban J connectivity index is 2.21. The number of rotatable bonds is 8. The Morgan fingerprint density at radius 2 is 1.76 bits per heavy atom. The predicted octanol–water partition coefficient (Wildman–Crippen LogP) is 3.65. The first-order valence-electron chi connectivity index (χ1n) is 8.51. The normalized spacial score (nSPS) is 12.2. The van der Waals surface area contributed by atoms with Gasteiger partial charge in [0.1, 0.15) is 6.54 Å². The van der Waals surface area contributed by atoms with Crippen LogP contribution in [0.5, 0.6) is 11.5 Å². The summed E-state index contributed by atoms with van der Waals surface area (Å²) in [6.45, 7) is 1.33. The Hall–Kier alpha value is -2.16. The van der Waals surface area contributed by atoms with Crippen LogP contribution in [0.1, 0.15) is 18.5 Å². The van der Waals surface area contributed by atoms with E-state index in [1.807, 2.05) is 0 Å². The number of amides is 1. The molecular weight excluding hydrogens is 439 g/mol. The van der Waals surface area contributed by atoms with E-state index in [0.29, 0.717) is 16.5 Å². The van der Waals surface area contributed by atoms with Crippen molar-refractivity contribution in [2.75, 3.05) is 31.3 Å². The van der Waals surface area contributed by atoms with Crippen molar-refractivity contribution in [3.8, 4) is 11.5 Å². The zero-order valence-corrected chi connectivity index (χ0v) is 18.7. The van der Waals surface area contributed by atoms with Gasteiger partial charge in [-0.3, -0.25) is 9.10 Å². The third-order valence-electron chi connectivity index (χ3n) is 4.15. The van der Waals surface area contributed by atoms with Gasteiger partial charge in [-0.25, -0.2) is 8.42 Å². The largest absolute Gasteiger partial charge is 0.493 e. The van der Waals surface area contributed by atoms with Gasteiger partial charge < -0.3 is 14.8 Å². The number of anilines is 1. The molecule has 0 saturated heterocycles. The van der Waals surface area contributed by atoms with Crippen molar-refractivity contribution in [1.29, 1.82) is 0 Å². The van der Waals surface area contributed by atoms with Gasteiger partial charge in [0.15, 0.2) is 11.5 Å². The van der Waals surface area contributed by atoms with E-state index in [1.54, 1.807) is 25.1 Å². The zero-order valence-electron chi connectivity index (χ0n) is 16.4. The summed E-state index contributed by atoms with van der Waals surface area (Å²) in [4.78, 5) is 12.6. The van der Waals surface area contributed by atoms with Crippen molar-refractivity contribution >= 4 is 44.8 Å². The summed E-state index contributed by atoms with van der Waals surface area (Å²) in [5.41, 5.74) is 0.901. The number of hydrogen-bond acceptors (Lipinski definition) is 5. The molecule has 0 aliphatic carbocycles. The Morgan fingerprint density at radius 3 is 2.34 bits per heavy atom. The molecule has 0 radical (unpaired) electrons. The summed E-state index contributed by atoms with van der Waals surface area (Å²) in [6.07, 6.45) is 0.995. The second-order valence-electron chi connectivity index (χ2n) is 6.27. The molecule has 0 aromatic heterocycles. The van der Waals surface area contributed by atoms with Crippen LogP contribution < -0.4 is 19.1 Å². The van der Waals surface area contributed by atoms with Crippen LogP contribution in [0.4, 0.5) is 5.69 Å². The molecular formula is C19H22Cl2N2O5S. The highest BCUT2D eigenvalue weighted by atomic mass is 35.5. The quantitative estimate of drug-likeness (QED) is 0.649. The third kappa shape index (κ3) is 5.91. The van der Waals surface area contributed by atoms with Crippen LogP contribution in [0.2, 0.25) is 10.0 Å². The van der Waals surface area contributed by atoms with Crippen LogP contribution >= 0.6 is 23.2 Å². The van der Waals surface area contributed by atoms with Crippen molar-refractivity contribution in [1.82, 2.24) is 5.32 Å². The minimum Gasteiger partial charge on any atom is -0.493 e. The number of benzene rings is 2. The van der Waals surface area contributed by atoms with E-state index in [2.05, 4.69) is 5.32 Å². The summed E-state index contributed by atoms with van der Waals surface area (Å²) in [5, 5.41) is 3.24. The first-order valence-corrected chi connectivity index (χ1v) is 11.1. The maximum Gasteiger partial charge on any atom is 0.241 e. The first kappa shape index (κ1) is 23.1. The number of nitrogens with one attached hydrogen (secondary N) is 1.